The van der Waals surface area contributed by atoms with Crippen LogP contribution in [0.5, 0.6) is 0 Å². The Balaban J connectivity index is 1.76. The summed E-state index contributed by atoms with van der Waals surface area (Å²) in [5.74, 6) is -0.125. The Morgan fingerprint density at radius 3 is 2.69 bits per heavy atom. The average molecular weight is 401 g/mol. The topological polar surface area (TPSA) is 84.4 Å². The van der Waals surface area contributed by atoms with E-state index in [0.717, 1.165) is 23.9 Å². The van der Waals surface area contributed by atoms with Gasteiger partial charge < -0.3 is 9.64 Å². The van der Waals surface area contributed by atoms with Gasteiger partial charge in [-0.25, -0.2) is 27.5 Å². The highest BCUT2D eigenvalue weighted by molar-refractivity contribution is 7.89. The molecule has 1 aromatic carbocycles. The fraction of sp³-hybridized carbons (Fsp3) is 0.375. The van der Waals surface area contributed by atoms with Gasteiger partial charge in [-0.1, -0.05) is 11.6 Å². The molecule has 10 heteroatoms. The Bertz CT molecular complexity index is 904. The third-order valence-corrected chi connectivity index (χ3v) is 5.52. The van der Waals surface area contributed by atoms with Crippen LogP contribution in [0.1, 0.15) is 11.4 Å². The minimum absolute atomic E-state index is 0.0158. The van der Waals surface area contributed by atoms with Crippen molar-refractivity contribution in [2.75, 3.05) is 31.2 Å². The zero-order valence-corrected chi connectivity index (χ0v) is 15.6. The predicted octanol–water partition coefficient (Wildman–Crippen LogP) is 1.89. The smallest absolute Gasteiger partial charge is 0.240 e. The van der Waals surface area contributed by atoms with Crippen LogP contribution in [0, 0.1) is 12.7 Å². The van der Waals surface area contributed by atoms with Crippen molar-refractivity contribution in [3.63, 3.8) is 0 Å². The van der Waals surface area contributed by atoms with Gasteiger partial charge in [-0.2, -0.15) is 0 Å². The van der Waals surface area contributed by atoms with Crippen LogP contribution in [-0.4, -0.2) is 44.7 Å². The zero-order valence-electron chi connectivity index (χ0n) is 14.1. The summed E-state index contributed by atoms with van der Waals surface area (Å²) in [6, 6.07) is 4.96. The lowest BCUT2D eigenvalue weighted by Crippen LogP contribution is -2.37. The lowest BCUT2D eigenvalue weighted by molar-refractivity contribution is 0.122. The van der Waals surface area contributed by atoms with Gasteiger partial charge in [-0.3, -0.25) is 0 Å². The number of hydrogen-bond donors (Lipinski definition) is 1. The van der Waals surface area contributed by atoms with Gasteiger partial charge in [0.05, 0.1) is 35.4 Å². The van der Waals surface area contributed by atoms with Crippen LogP contribution in [0.25, 0.3) is 0 Å². The summed E-state index contributed by atoms with van der Waals surface area (Å²) in [7, 11) is -3.84. The van der Waals surface area contributed by atoms with Crippen molar-refractivity contribution in [1.29, 1.82) is 0 Å². The number of aromatic nitrogens is 2. The molecule has 26 heavy (non-hydrogen) atoms. The molecule has 0 amide bonds. The number of rotatable bonds is 5. The molecule has 7 nitrogen and oxygen atoms in total. The molecule has 0 saturated carbocycles. The Morgan fingerprint density at radius 2 is 2.00 bits per heavy atom. The van der Waals surface area contributed by atoms with Crippen molar-refractivity contribution in [3.8, 4) is 0 Å². The highest BCUT2D eigenvalue weighted by Crippen LogP contribution is 2.19. The van der Waals surface area contributed by atoms with Crippen LogP contribution in [-0.2, 0) is 21.3 Å². The van der Waals surface area contributed by atoms with Crippen molar-refractivity contribution < 1.29 is 17.5 Å². The van der Waals surface area contributed by atoms with Gasteiger partial charge in [0.15, 0.2) is 0 Å². The van der Waals surface area contributed by atoms with Gasteiger partial charge in [-0.05, 0) is 31.2 Å². The van der Waals surface area contributed by atoms with Crippen LogP contribution in [0.15, 0.2) is 29.2 Å². The number of nitrogens with zero attached hydrogens (tertiary/aromatic N) is 3. The number of benzene rings is 1. The summed E-state index contributed by atoms with van der Waals surface area (Å²) in [5.41, 5.74) is 1.27. The van der Waals surface area contributed by atoms with E-state index in [0.29, 0.717) is 37.9 Å². The minimum Gasteiger partial charge on any atom is -0.378 e. The van der Waals surface area contributed by atoms with E-state index in [4.69, 9.17) is 16.3 Å². The van der Waals surface area contributed by atoms with E-state index in [1.165, 1.54) is 0 Å². The van der Waals surface area contributed by atoms with E-state index in [9.17, 15) is 12.8 Å². The molecular weight excluding hydrogens is 383 g/mol. The lowest BCUT2D eigenvalue weighted by atomic mass is 10.3. The second-order valence-electron chi connectivity index (χ2n) is 5.80. The number of hydrogen-bond acceptors (Lipinski definition) is 6. The number of morpholine rings is 1. The summed E-state index contributed by atoms with van der Waals surface area (Å²) in [6.07, 6.45) is 0. The molecule has 0 bridgehead atoms. The van der Waals surface area contributed by atoms with Crippen molar-refractivity contribution in [2.45, 2.75) is 18.4 Å². The third-order valence-electron chi connectivity index (χ3n) is 3.83. The molecule has 2 heterocycles. The highest BCUT2D eigenvalue weighted by Gasteiger charge is 2.18. The maximum absolute atomic E-state index is 13.2. The number of nitrogens with one attached hydrogen (secondary N) is 1. The Hall–Kier alpha value is -1.81. The molecule has 2 aromatic rings. The molecule has 0 unspecified atom stereocenters. The molecule has 1 fully saturated rings. The number of sulfonamides is 1. The summed E-state index contributed by atoms with van der Waals surface area (Å²) < 4.78 is 45.7. The third kappa shape index (κ3) is 4.47. The number of ether oxygens (including phenoxy) is 1. The van der Waals surface area contributed by atoms with Gasteiger partial charge in [0.1, 0.15) is 5.82 Å². The van der Waals surface area contributed by atoms with Crippen molar-refractivity contribution in [1.82, 2.24) is 14.7 Å². The van der Waals surface area contributed by atoms with E-state index >= 15 is 0 Å². The van der Waals surface area contributed by atoms with Crippen LogP contribution < -0.4 is 9.62 Å². The quantitative estimate of drug-likeness (QED) is 0.825. The second-order valence-corrected chi connectivity index (χ2v) is 7.97. The van der Waals surface area contributed by atoms with E-state index in [-0.39, 0.29) is 16.5 Å². The monoisotopic (exact) mass is 400 g/mol. The van der Waals surface area contributed by atoms with Gasteiger partial charge in [-0.15, -0.1) is 0 Å². The molecule has 1 aliphatic heterocycles. The standard InChI is InChI=1S/C16H18ClFN4O3S/c1-11-8-12(21-16(20-11)22-4-6-25-7-5-22)10-19-26(23,24)13-2-3-15(18)14(17)9-13/h2-3,8-9,19H,4-7,10H2,1H3. The van der Waals surface area contributed by atoms with Gasteiger partial charge in [0.2, 0.25) is 16.0 Å². The normalized spacial score (nSPS) is 15.3. The molecule has 1 aromatic heterocycles. The zero-order chi connectivity index (χ0) is 18.7. The van der Waals surface area contributed by atoms with E-state index in [1.807, 2.05) is 11.8 Å². The molecule has 3 rings (SSSR count). The predicted molar refractivity (Wildman–Crippen MR) is 95.2 cm³/mol. The Morgan fingerprint density at radius 1 is 1.27 bits per heavy atom. The van der Waals surface area contributed by atoms with Crippen molar-refractivity contribution in [2.24, 2.45) is 0 Å². The number of halogens is 2. The molecule has 0 atom stereocenters. The Labute approximate surface area is 156 Å². The first-order valence-electron chi connectivity index (χ1n) is 7.97. The average Bonchev–Trinajstić information content (AvgIpc) is 2.62. The molecule has 1 saturated heterocycles. The first kappa shape index (κ1) is 19.0. The fourth-order valence-corrected chi connectivity index (χ4v) is 3.78. The molecular formula is C16H18ClFN4O3S. The lowest BCUT2D eigenvalue weighted by Gasteiger charge is -2.27. The first-order valence-corrected chi connectivity index (χ1v) is 9.83. The minimum atomic E-state index is -3.84. The molecule has 1 aliphatic rings. The van der Waals surface area contributed by atoms with E-state index in [2.05, 4.69) is 14.7 Å². The van der Waals surface area contributed by atoms with Crippen LogP contribution in [0.3, 0.4) is 0 Å². The molecule has 1 N–H and O–H groups in total. The maximum Gasteiger partial charge on any atom is 0.240 e. The summed E-state index contributed by atoms with van der Waals surface area (Å²) in [4.78, 5) is 10.7. The summed E-state index contributed by atoms with van der Waals surface area (Å²) in [5, 5.41) is -0.250. The fourth-order valence-electron chi connectivity index (χ4n) is 2.51. The maximum atomic E-state index is 13.2. The second kappa shape index (κ2) is 7.83. The number of aryl methyl sites for hydroxylation is 1. The van der Waals surface area contributed by atoms with Gasteiger partial charge in [0.25, 0.3) is 0 Å². The van der Waals surface area contributed by atoms with E-state index in [1.54, 1.807) is 6.07 Å². The summed E-state index contributed by atoms with van der Waals surface area (Å²) >= 11 is 5.66. The van der Waals surface area contributed by atoms with Crippen LogP contribution in [0.4, 0.5) is 10.3 Å². The molecule has 0 aliphatic carbocycles. The van der Waals surface area contributed by atoms with Crippen molar-refractivity contribution in [3.05, 3.63) is 46.5 Å². The largest absolute Gasteiger partial charge is 0.378 e. The first-order chi connectivity index (χ1) is 12.3. The molecule has 140 valence electrons. The number of anilines is 1. The van der Waals surface area contributed by atoms with Gasteiger partial charge >= 0.3 is 0 Å². The summed E-state index contributed by atoms with van der Waals surface area (Å²) in [6.45, 7) is 4.38. The molecule has 0 radical (unpaired) electrons. The van der Waals surface area contributed by atoms with Gasteiger partial charge in [0, 0.05) is 18.8 Å². The SMILES string of the molecule is Cc1cc(CNS(=O)(=O)c2ccc(F)c(Cl)c2)nc(N2CCOCC2)n1. The van der Waals surface area contributed by atoms with Crippen LogP contribution >= 0.6 is 11.6 Å². The Kier molecular flexibility index (Phi) is 5.71. The molecule has 0 spiro atoms. The van der Waals surface area contributed by atoms with E-state index < -0.39 is 15.8 Å². The van der Waals surface area contributed by atoms with Crippen LogP contribution in [0.2, 0.25) is 5.02 Å². The highest BCUT2D eigenvalue weighted by atomic mass is 35.5. The van der Waals surface area contributed by atoms with Crippen molar-refractivity contribution >= 4 is 27.6 Å².